The van der Waals surface area contributed by atoms with Crippen LogP contribution >= 0.6 is 22.5 Å². The second-order valence-electron chi connectivity index (χ2n) is 0.939. The predicted molar refractivity (Wildman–Crippen MR) is 35.5 cm³/mol. The van der Waals surface area contributed by atoms with Gasteiger partial charge in [0.2, 0.25) is 0 Å². The Kier molecular flexibility index (Phi) is 4.29. The second-order valence-corrected chi connectivity index (χ2v) is 2.14. The van der Waals surface area contributed by atoms with E-state index in [1.165, 1.54) is 0 Å². The van der Waals surface area contributed by atoms with E-state index in [-0.39, 0.29) is 0 Å². The van der Waals surface area contributed by atoms with Gasteiger partial charge in [0, 0.05) is 10.8 Å². The minimum absolute atomic E-state index is 0.642. The fraction of sp³-hybridized carbons (Fsp3) is 0.667. The summed E-state index contributed by atoms with van der Waals surface area (Å²) in [7, 11) is 1.16. The van der Waals surface area contributed by atoms with Crippen molar-refractivity contribution in [1.82, 2.24) is 0 Å². The molecule has 0 aliphatic rings. The molecular formula is C3H6N2S2. The Bertz CT molecular complexity index is 89.1. The zero-order valence-corrected chi connectivity index (χ0v) is 5.67. The molecule has 0 bridgehead atoms. The van der Waals surface area contributed by atoms with E-state index in [4.69, 9.17) is 5.53 Å². The summed E-state index contributed by atoms with van der Waals surface area (Å²) in [5.41, 5.74) is 8.04. The lowest BCUT2D eigenvalue weighted by Crippen LogP contribution is -1.83. The van der Waals surface area contributed by atoms with Crippen LogP contribution in [0.1, 0.15) is 13.3 Å². The molecule has 0 fully saturated rings. The highest BCUT2D eigenvalue weighted by Gasteiger charge is 1.98. The molecule has 2 nitrogen and oxygen atoms in total. The van der Waals surface area contributed by atoms with Gasteiger partial charge in [0.1, 0.15) is 0 Å². The molecule has 0 unspecified atom stereocenters. The highest BCUT2D eigenvalue weighted by atomic mass is 33.1. The third-order valence-electron chi connectivity index (χ3n) is 0.519. The van der Waals surface area contributed by atoms with Crippen LogP contribution in [-0.2, 0) is 0 Å². The molecular weight excluding hydrogens is 128 g/mol. The summed E-state index contributed by atoms with van der Waals surface area (Å²) in [6.45, 7) is 1.90. The van der Waals surface area contributed by atoms with E-state index in [1.807, 2.05) is 6.92 Å². The number of thiol groups is 1. The molecule has 4 heteroatoms. The molecule has 0 heterocycles. The molecule has 0 radical (unpaired) electrons. The lowest BCUT2D eigenvalue weighted by molar-refractivity contribution is -0.00183. The molecule has 0 N–H and O–H groups in total. The molecule has 0 aromatic carbocycles. The average molecular weight is 134 g/mol. The summed E-state index contributed by atoms with van der Waals surface area (Å²) in [6.07, 6.45) is 0.741. The van der Waals surface area contributed by atoms with Crippen LogP contribution in [0.5, 0.6) is 0 Å². The minimum atomic E-state index is 0.642. The van der Waals surface area contributed by atoms with Gasteiger partial charge in [-0.2, -0.15) is 4.79 Å². The molecule has 0 amide bonds. The predicted octanol–water partition coefficient (Wildman–Crippen LogP) is 1.60. The van der Waals surface area contributed by atoms with Crippen LogP contribution in [0.2, 0.25) is 0 Å². The third-order valence-corrected chi connectivity index (χ3v) is 1.73. The Hall–Kier alpha value is 0.0800. The lowest BCUT2D eigenvalue weighted by Gasteiger charge is -1.75. The number of hydrogen-bond donors (Lipinski definition) is 1. The summed E-state index contributed by atoms with van der Waals surface area (Å²) in [5, 5.41) is 0.642. The quantitative estimate of drug-likeness (QED) is 0.145. The Labute approximate surface area is 51.7 Å². The van der Waals surface area contributed by atoms with E-state index < -0.39 is 0 Å². The summed E-state index contributed by atoms with van der Waals surface area (Å²) >= 11 is 3.80. The van der Waals surface area contributed by atoms with Crippen LogP contribution in [0, 0.1) is 0 Å². The van der Waals surface area contributed by atoms with Crippen molar-refractivity contribution in [2.24, 2.45) is 0 Å². The zero-order valence-electron chi connectivity index (χ0n) is 3.96. The van der Waals surface area contributed by atoms with Gasteiger partial charge in [-0.15, -0.1) is 0 Å². The highest BCUT2D eigenvalue weighted by molar-refractivity contribution is 8.74. The van der Waals surface area contributed by atoms with Gasteiger partial charge in [0.05, 0.1) is 6.42 Å². The average Bonchev–Trinajstić information content (AvgIpc) is 1.72. The van der Waals surface area contributed by atoms with E-state index in [2.05, 4.69) is 16.5 Å². The SMILES string of the molecule is CCC(=[N+]=[N-])SS. The first-order valence-corrected chi connectivity index (χ1v) is 3.74. The standard InChI is InChI=1S/C3H6N2S2/c1-2-3(5-4)7-6/h6H,2H2,1H3. The maximum absolute atomic E-state index is 8.04. The summed E-state index contributed by atoms with van der Waals surface area (Å²) in [4.78, 5) is 2.93. The van der Waals surface area contributed by atoms with Crippen molar-refractivity contribution in [2.75, 3.05) is 0 Å². The smallest absolute Gasteiger partial charge is 0.335 e. The molecule has 0 spiro atoms. The summed E-state index contributed by atoms with van der Waals surface area (Å²) in [6, 6.07) is 0. The van der Waals surface area contributed by atoms with E-state index >= 15 is 0 Å². The molecule has 0 saturated carbocycles. The van der Waals surface area contributed by atoms with Gasteiger partial charge in [0.15, 0.2) is 0 Å². The molecule has 0 aliphatic carbocycles. The van der Waals surface area contributed by atoms with Crippen molar-refractivity contribution >= 4 is 27.5 Å². The Balaban J connectivity index is 3.61. The van der Waals surface area contributed by atoms with Crippen molar-refractivity contribution in [1.29, 1.82) is 0 Å². The van der Waals surface area contributed by atoms with E-state index in [1.54, 1.807) is 0 Å². The van der Waals surface area contributed by atoms with Crippen LogP contribution in [0.3, 0.4) is 0 Å². The maximum Gasteiger partial charge on any atom is 0.335 e. The van der Waals surface area contributed by atoms with E-state index in [9.17, 15) is 0 Å². The van der Waals surface area contributed by atoms with Crippen molar-refractivity contribution in [2.45, 2.75) is 13.3 Å². The molecule has 0 atom stereocenters. The first-order chi connectivity index (χ1) is 3.35. The fourth-order valence-corrected chi connectivity index (χ4v) is 0.816. The van der Waals surface area contributed by atoms with Gasteiger partial charge in [-0.3, -0.25) is 0 Å². The fourth-order valence-electron chi connectivity index (χ4n) is 0.154. The van der Waals surface area contributed by atoms with Gasteiger partial charge in [0.25, 0.3) is 0 Å². The Morgan fingerprint density at radius 1 is 2.00 bits per heavy atom. The molecule has 0 saturated heterocycles. The molecule has 0 aliphatic heterocycles. The van der Waals surface area contributed by atoms with Crippen LogP contribution < -0.4 is 0 Å². The zero-order chi connectivity index (χ0) is 5.70. The van der Waals surface area contributed by atoms with Gasteiger partial charge in [-0.1, -0.05) is 18.6 Å². The molecule has 0 aromatic rings. The maximum atomic E-state index is 8.04. The number of nitrogens with zero attached hydrogens (tertiary/aromatic N) is 2. The highest BCUT2D eigenvalue weighted by Crippen LogP contribution is 2.07. The molecule has 0 aromatic heterocycles. The minimum Gasteiger partial charge on any atom is -0.360 e. The van der Waals surface area contributed by atoms with Crippen molar-refractivity contribution in [3.05, 3.63) is 5.53 Å². The third kappa shape index (κ3) is 2.74. The topological polar surface area (TPSA) is 36.4 Å². The lowest BCUT2D eigenvalue weighted by atomic mass is 10.5. The first kappa shape index (κ1) is 7.08. The van der Waals surface area contributed by atoms with Gasteiger partial charge in [-0.05, 0) is 0 Å². The van der Waals surface area contributed by atoms with Gasteiger partial charge in [-0.25, -0.2) is 0 Å². The number of hydrogen-bond acceptors (Lipinski definition) is 2. The van der Waals surface area contributed by atoms with Gasteiger partial charge < -0.3 is 5.53 Å². The van der Waals surface area contributed by atoms with Crippen molar-refractivity contribution in [3.8, 4) is 0 Å². The largest absolute Gasteiger partial charge is 0.360 e. The van der Waals surface area contributed by atoms with Crippen LogP contribution in [0.15, 0.2) is 0 Å². The van der Waals surface area contributed by atoms with Crippen molar-refractivity contribution in [3.63, 3.8) is 0 Å². The molecule has 40 valence electrons. The normalized spacial score (nSPS) is 7.71. The monoisotopic (exact) mass is 134 g/mol. The van der Waals surface area contributed by atoms with Crippen LogP contribution in [0.4, 0.5) is 0 Å². The van der Waals surface area contributed by atoms with E-state index in [0.717, 1.165) is 17.2 Å². The summed E-state index contributed by atoms with van der Waals surface area (Å²) < 4.78 is 0. The molecule has 0 rings (SSSR count). The van der Waals surface area contributed by atoms with Crippen LogP contribution in [0.25, 0.3) is 5.53 Å². The van der Waals surface area contributed by atoms with Gasteiger partial charge >= 0.3 is 5.04 Å². The van der Waals surface area contributed by atoms with Crippen LogP contribution in [-0.4, -0.2) is 9.83 Å². The number of rotatable bonds is 1. The second kappa shape index (κ2) is 4.24. The first-order valence-electron chi connectivity index (χ1n) is 1.87. The summed E-state index contributed by atoms with van der Waals surface area (Å²) in [5.74, 6) is 0. The Morgan fingerprint density at radius 3 is 2.57 bits per heavy atom. The molecule has 7 heavy (non-hydrogen) atoms. The van der Waals surface area contributed by atoms with E-state index in [0.29, 0.717) is 5.04 Å². The van der Waals surface area contributed by atoms with Crippen molar-refractivity contribution < 1.29 is 4.79 Å². The Morgan fingerprint density at radius 2 is 2.57 bits per heavy atom.